The summed E-state index contributed by atoms with van der Waals surface area (Å²) in [5, 5.41) is 5.96. The lowest BCUT2D eigenvalue weighted by Gasteiger charge is -2.22. The number of furan rings is 1. The van der Waals surface area contributed by atoms with Crippen LogP contribution in [0, 0.1) is 13.8 Å². The lowest BCUT2D eigenvalue weighted by Crippen LogP contribution is -2.36. The first-order valence-corrected chi connectivity index (χ1v) is 7.31. The molecule has 1 atom stereocenters. The number of likely N-dealkylation sites (N-methyl/N-ethyl adjacent to an activating group) is 1. The van der Waals surface area contributed by atoms with Gasteiger partial charge in [-0.15, -0.1) is 0 Å². The summed E-state index contributed by atoms with van der Waals surface area (Å²) in [6, 6.07) is 3.51. The number of nitrogens with one attached hydrogen (secondary N) is 2. The lowest BCUT2D eigenvalue weighted by molar-refractivity contribution is 0.232. The quantitative estimate of drug-likeness (QED) is 0.884. The van der Waals surface area contributed by atoms with Crippen molar-refractivity contribution in [1.82, 2.24) is 19.6 Å². The van der Waals surface area contributed by atoms with E-state index < -0.39 is 0 Å². The summed E-state index contributed by atoms with van der Waals surface area (Å²) in [4.78, 5) is 17.9. The van der Waals surface area contributed by atoms with E-state index in [-0.39, 0.29) is 12.1 Å². The Bertz CT molecular complexity index is 607. The Kier molecular flexibility index (Phi) is 4.92. The summed E-state index contributed by atoms with van der Waals surface area (Å²) in [7, 11) is 3.88. The van der Waals surface area contributed by atoms with Crippen LogP contribution in [0.3, 0.4) is 0 Å². The molecule has 0 bridgehead atoms. The first kappa shape index (κ1) is 15.5. The van der Waals surface area contributed by atoms with Crippen molar-refractivity contribution in [2.24, 2.45) is 0 Å². The van der Waals surface area contributed by atoms with Gasteiger partial charge in [-0.2, -0.15) is 4.37 Å². The van der Waals surface area contributed by atoms with E-state index in [1.165, 1.54) is 0 Å². The Balaban J connectivity index is 1.91. The van der Waals surface area contributed by atoms with Crippen LogP contribution in [-0.4, -0.2) is 40.9 Å². The molecule has 8 heteroatoms. The molecule has 21 heavy (non-hydrogen) atoms. The van der Waals surface area contributed by atoms with E-state index in [1.807, 2.05) is 38.1 Å². The van der Waals surface area contributed by atoms with Gasteiger partial charge in [0, 0.05) is 18.1 Å². The molecule has 114 valence electrons. The van der Waals surface area contributed by atoms with E-state index >= 15 is 0 Å². The van der Waals surface area contributed by atoms with Crippen LogP contribution in [-0.2, 0) is 0 Å². The van der Waals surface area contributed by atoms with Gasteiger partial charge in [-0.3, -0.25) is 10.2 Å². The molecule has 0 spiro atoms. The second kappa shape index (κ2) is 6.68. The maximum Gasteiger partial charge on any atom is 0.321 e. The molecule has 0 aliphatic heterocycles. The van der Waals surface area contributed by atoms with Crippen molar-refractivity contribution in [2.75, 3.05) is 26.0 Å². The Labute approximate surface area is 127 Å². The van der Waals surface area contributed by atoms with Crippen LogP contribution >= 0.6 is 11.5 Å². The zero-order valence-electron chi connectivity index (χ0n) is 12.5. The first-order chi connectivity index (χ1) is 9.95. The minimum absolute atomic E-state index is 0.0272. The molecule has 2 aromatic rings. The molecule has 0 saturated carbocycles. The Morgan fingerprint density at radius 3 is 2.71 bits per heavy atom. The predicted molar refractivity (Wildman–Crippen MR) is 81.5 cm³/mol. The van der Waals surface area contributed by atoms with Crippen LogP contribution in [0.1, 0.15) is 23.4 Å². The highest BCUT2D eigenvalue weighted by Crippen LogP contribution is 2.20. The molecule has 0 aromatic carbocycles. The number of rotatable bonds is 5. The smallest absolute Gasteiger partial charge is 0.321 e. The van der Waals surface area contributed by atoms with E-state index in [2.05, 4.69) is 20.0 Å². The number of hydrogen-bond acceptors (Lipinski definition) is 6. The number of carbonyl (C=O) groups excluding carboxylic acids is 1. The van der Waals surface area contributed by atoms with Crippen molar-refractivity contribution in [3.63, 3.8) is 0 Å². The fourth-order valence-electron chi connectivity index (χ4n) is 1.85. The fraction of sp³-hybridized carbons (Fsp3) is 0.462. The van der Waals surface area contributed by atoms with E-state index in [0.717, 1.165) is 23.1 Å². The molecule has 2 heterocycles. The molecule has 7 nitrogen and oxygen atoms in total. The fourth-order valence-corrected chi connectivity index (χ4v) is 2.42. The van der Waals surface area contributed by atoms with Gasteiger partial charge in [0.15, 0.2) is 0 Å². The second-order valence-corrected chi connectivity index (χ2v) is 5.66. The summed E-state index contributed by atoms with van der Waals surface area (Å²) in [5.41, 5.74) is 0. The highest BCUT2D eigenvalue weighted by atomic mass is 32.1. The molecular weight excluding hydrogens is 290 g/mol. The highest BCUT2D eigenvalue weighted by molar-refractivity contribution is 7.09. The average molecular weight is 309 g/mol. The van der Waals surface area contributed by atoms with Crippen LogP contribution in [0.5, 0.6) is 0 Å². The number of carbonyl (C=O) groups is 1. The molecule has 2 N–H and O–H groups in total. The summed E-state index contributed by atoms with van der Waals surface area (Å²) >= 11 is 1.16. The van der Waals surface area contributed by atoms with Crippen LogP contribution in [0.4, 0.5) is 9.93 Å². The van der Waals surface area contributed by atoms with Crippen molar-refractivity contribution in [3.05, 3.63) is 29.5 Å². The van der Waals surface area contributed by atoms with Gasteiger partial charge in [-0.25, -0.2) is 9.78 Å². The molecule has 0 unspecified atom stereocenters. The zero-order valence-corrected chi connectivity index (χ0v) is 13.3. The second-order valence-electron chi connectivity index (χ2n) is 4.91. The Morgan fingerprint density at radius 2 is 2.19 bits per heavy atom. The van der Waals surface area contributed by atoms with Crippen LogP contribution in [0.15, 0.2) is 16.5 Å². The largest absolute Gasteiger partial charge is 0.465 e. The number of nitrogens with zero attached hydrogens (tertiary/aromatic N) is 3. The van der Waals surface area contributed by atoms with Gasteiger partial charge in [0.25, 0.3) is 0 Å². The maximum absolute atomic E-state index is 11.9. The molecular formula is C13H19N5O2S. The van der Waals surface area contributed by atoms with Crippen molar-refractivity contribution in [1.29, 1.82) is 0 Å². The van der Waals surface area contributed by atoms with E-state index in [1.54, 1.807) is 6.92 Å². The molecule has 0 saturated heterocycles. The third-order valence-corrected chi connectivity index (χ3v) is 3.64. The summed E-state index contributed by atoms with van der Waals surface area (Å²) in [6.45, 7) is 4.11. The van der Waals surface area contributed by atoms with E-state index in [4.69, 9.17) is 4.42 Å². The predicted octanol–water partition coefficient (Wildman–Crippen LogP) is 2.17. The summed E-state index contributed by atoms with van der Waals surface area (Å²) in [6.07, 6.45) is 0. The van der Waals surface area contributed by atoms with Gasteiger partial charge in [-0.1, -0.05) is 0 Å². The molecule has 2 rings (SSSR count). The van der Waals surface area contributed by atoms with Gasteiger partial charge in [0.2, 0.25) is 5.13 Å². The van der Waals surface area contributed by atoms with Crippen molar-refractivity contribution in [3.8, 4) is 0 Å². The normalized spacial score (nSPS) is 12.4. The van der Waals surface area contributed by atoms with Gasteiger partial charge in [-0.05, 0) is 40.1 Å². The standard InChI is InChI=1S/C13H19N5O2S/c1-8-5-6-11(20-8)10(18(3)4)7-14-12(19)16-13-15-9(2)17-21-13/h5-6,10H,7H2,1-4H3,(H2,14,15,16,17,19)/t10-/m0/s1. The minimum atomic E-state index is -0.304. The molecule has 2 amide bonds. The SMILES string of the molecule is Cc1nsc(NC(=O)NC[C@@H](c2ccc(C)o2)N(C)C)n1. The number of anilines is 1. The number of hydrogen-bond donors (Lipinski definition) is 2. The van der Waals surface area contributed by atoms with Gasteiger partial charge in [0.05, 0.1) is 6.04 Å². The average Bonchev–Trinajstić information content (AvgIpc) is 2.98. The first-order valence-electron chi connectivity index (χ1n) is 6.53. The number of urea groups is 1. The van der Waals surface area contributed by atoms with E-state index in [9.17, 15) is 4.79 Å². The van der Waals surface area contributed by atoms with Crippen LogP contribution in [0.2, 0.25) is 0 Å². The van der Waals surface area contributed by atoms with Crippen LogP contribution in [0.25, 0.3) is 0 Å². The number of amides is 2. The van der Waals surface area contributed by atoms with Crippen molar-refractivity contribution in [2.45, 2.75) is 19.9 Å². The monoisotopic (exact) mass is 309 g/mol. The maximum atomic E-state index is 11.9. The lowest BCUT2D eigenvalue weighted by atomic mass is 10.2. The number of aryl methyl sites for hydroxylation is 2. The zero-order chi connectivity index (χ0) is 15.4. The van der Waals surface area contributed by atoms with Crippen molar-refractivity contribution >= 4 is 22.7 Å². The topological polar surface area (TPSA) is 83.3 Å². The highest BCUT2D eigenvalue weighted by Gasteiger charge is 2.18. The Hall–Kier alpha value is -1.93. The summed E-state index contributed by atoms with van der Waals surface area (Å²) < 4.78 is 9.64. The van der Waals surface area contributed by atoms with Gasteiger partial charge >= 0.3 is 6.03 Å². The van der Waals surface area contributed by atoms with Gasteiger partial charge < -0.3 is 9.73 Å². The molecule has 0 radical (unpaired) electrons. The molecule has 0 fully saturated rings. The third kappa shape index (κ3) is 4.27. The Morgan fingerprint density at radius 1 is 1.43 bits per heavy atom. The van der Waals surface area contributed by atoms with Gasteiger partial charge in [0.1, 0.15) is 17.3 Å². The molecule has 0 aliphatic rings. The van der Waals surface area contributed by atoms with E-state index in [0.29, 0.717) is 17.5 Å². The summed E-state index contributed by atoms with van der Waals surface area (Å²) in [5.74, 6) is 2.32. The number of aromatic nitrogens is 2. The molecule has 2 aromatic heterocycles. The van der Waals surface area contributed by atoms with Crippen molar-refractivity contribution < 1.29 is 9.21 Å². The van der Waals surface area contributed by atoms with Crippen LogP contribution < -0.4 is 10.6 Å². The minimum Gasteiger partial charge on any atom is -0.465 e. The third-order valence-electron chi connectivity index (χ3n) is 2.92. The molecule has 0 aliphatic carbocycles.